The lowest BCUT2D eigenvalue weighted by atomic mass is 9.92. The summed E-state index contributed by atoms with van der Waals surface area (Å²) in [4.78, 5) is 16.1. The SMILES string of the molecule is CC.CN1CCCCC1.Cc1cc(Br)c2c(c1)CCc1cc(Br)cnc1C2C.O=CCCl. The molecular weight excluding hydrogens is 552 g/mol. The number of halogens is 3. The van der Waals surface area contributed by atoms with Gasteiger partial charge in [-0.15, -0.1) is 11.6 Å². The molecule has 1 atom stereocenters. The van der Waals surface area contributed by atoms with E-state index in [0.717, 1.165) is 17.3 Å². The Morgan fingerprint density at radius 1 is 1.09 bits per heavy atom. The minimum Gasteiger partial charge on any atom is -0.306 e. The molecule has 0 radical (unpaired) electrons. The lowest BCUT2D eigenvalue weighted by molar-refractivity contribution is -0.105. The van der Waals surface area contributed by atoms with Gasteiger partial charge in [0.1, 0.15) is 6.29 Å². The lowest BCUT2D eigenvalue weighted by Gasteiger charge is -2.20. The number of hydrogen-bond donors (Lipinski definition) is 0. The molecular formula is C26H37Br2ClN2O. The van der Waals surface area contributed by atoms with E-state index >= 15 is 0 Å². The van der Waals surface area contributed by atoms with Gasteiger partial charge in [0.15, 0.2) is 0 Å². The maximum absolute atomic E-state index is 9.04. The first kappa shape index (κ1) is 29.3. The molecule has 4 rings (SSSR count). The van der Waals surface area contributed by atoms with E-state index in [1.807, 2.05) is 20.0 Å². The first-order valence-electron chi connectivity index (χ1n) is 11.5. The minimum absolute atomic E-state index is 0.111. The molecule has 0 amide bonds. The smallest absolute Gasteiger partial charge is 0.134 e. The van der Waals surface area contributed by atoms with Crippen molar-refractivity contribution in [3.63, 3.8) is 0 Å². The number of likely N-dealkylation sites (tertiary alicyclic amines) is 1. The fourth-order valence-corrected chi connectivity index (χ4v) is 5.39. The fraction of sp³-hybridized carbons (Fsp3) is 0.538. The minimum atomic E-state index is 0.111. The summed E-state index contributed by atoms with van der Waals surface area (Å²) < 4.78 is 2.28. The van der Waals surface area contributed by atoms with Gasteiger partial charge < -0.3 is 9.69 Å². The average Bonchev–Trinajstić information content (AvgIpc) is 2.92. The van der Waals surface area contributed by atoms with Crippen molar-refractivity contribution in [3.8, 4) is 0 Å². The number of hydrogen-bond acceptors (Lipinski definition) is 3. The molecule has 0 N–H and O–H groups in total. The number of aromatic nitrogens is 1. The zero-order valence-corrected chi connectivity index (χ0v) is 24.0. The van der Waals surface area contributed by atoms with Gasteiger partial charge in [-0.2, -0.15) is 0 Å². The van der Waals surface area contributed by atoms with Crippen LogP contribution in [0.1, 0.15) is 73.9 Å². The average molecular weight is 589 g/mol. The van der Waals surface area contributed by atoms with Gasteiger partial charge in [-0.1, -0.05) is 49.2 Å². The largest absolute Gasteiger partial charge is 0.306 e. The van der Waals surface area contributed by atoms with Gasteiger partial charge in [-0.25, -0.2) is 0 Å². The molecule has 1 unspecified atom stereocenters. The van der Waals surface area contributed by atoms with Gasteiger partial charge in [0.2, 0.25) is 0 Å². The molecule has 1 saturated heterocycles. The highest BCUT2D eigenvalue weighted by molar-refractivity contribution is 9.10. The van der Waals surface area contributed by atoms with E-state index < -0.39 is 0 Å². The third-order valence-corrected chi connectivity index (χ3v) is 6.69. The highest BCUT2D eigenvalue weighted by atomic mass is 79.9. The molecule has 0 spiro atoms. The maximum atomic E-state index is 9.04. The number of carbonyl (C=O) groups is 1. The molecule has 3 nitrogen and oxygen atoms in total. The number of piperidine rings is 1. The lowest BCUT2D eigenvalue weighted by Crippen LogP contribution is -2.24. The van der Waals surface area contributed by atoms with Gasteiger partial charge in [0.25, 0.3) is 0 Å². The Hall–Kier alpha value is -0.750. The van der Waals surface area contributed by atoms with Crippen LogP contribution in [0.5, 0.6) is 0 Å². The Balaban J connectivity index is 0.000000326. The van der Waals surface area contributed by atoms with E-state index in [4.69, 9.17) is 16.4 Å². The Labute approximate surface area is 216 Å². The van der Waals surface area contributed by atoms with Crippen LogP contribution in [0.25, 0.3) is 0 Å². The molecule has 2 aliphatic rings. The molecule has 1 fully saturated rings. The van der Waals surface area contributed by atoms with Crippen molar-refractivity contribution in [2.24, 2.45) is 0 Å². The zero-order valence-electron chi connectivity index (χ0n) is 20.1. The van der Waals surface area contributed by atoms with E-state index in [2.05, 4.69) is 80.8 Å². The van der Waals surface area contributed by atoms with Crippen molar-refractivity contribution in [1.29, 1.82) is 0 Å². The summed E-state index contributed by atoms with van der Waals surface area (Å²) >= 11 is 12.1. The number of benzene rings is 1. The summed E-state index contributed by atoms with van der Waals surface area (Å²) in [5.74, 6) is 0.454. The molecule has 2 aromatic rings. The number of fused-ring (bicyclic) bond motifs is 2. The number of pyridine rings is 1. The van der Waals surface area contributed by atoms with Crippen molar-refractivity contribution < 1.29 is 4.79 Å². The van der Waals surface area contributed by atoms with E-state index in [0.29, 0.717) is 12.2 Å². The first-order chi connectivity index (χ1) is 15.4. The van der Waals surface area contributed by atoms with E-state index in [9.17, 15) is 0 Å². The predicted octanol–water partition coefficient (Wildman–Crippen LogP) is 7.72. The second-order valence-electron chi connectivity index (χ2n) is 7.92. The third kappa shape index (κ3) is 9.24. The molecule has 6 heteroatoms. The molecule has 1 aliphatic heterocycles. The summed E-state index contributed by atoms with van der Waals surface area (Å²) in [7, 11) is 2.19. The van der Waals surface area contributed by atoms with Crippen LogP contribution in [0, 0.1) is 6.92 Å². The number of nitrogens with zero attached hydrogens (tertiary/aromatic N) is 2. The predicted molar refractivity (Wildman–Crippen MR) is 145 cm³/mol. The Morgan fingerprint density at radius 2 is 1.69 bits per heavy atom. The van der Waals surface area contributed by atoms with Crippen LogP contribution in [0.3, 0.4) is 0 Å². The van der Waals surface area contributed by atoms with Gasteiger partial charge in [-0.05, 0) is 103 Å². The molecule has 32 heavy (non-hydrogen) atoms. The number of alkyl halides is 1. The Bertz CT molecular complexity index is 839. The first-order valence-corrected chi connectivity index (χ1v) is 13.6. The highest BCUT2D eigenvalue weighted by Gasteiger charge is 2.23. The van der Waals surface area contributed by atoms with Gasteiger partial charge >= 0.3 is 0 Å². The number of carbonyl (C=O) groups excluding carboxylic acids is 1. The molecule has 0 saturated carbocycles. The fourth-order valence-electron chi connectivity index (χ4n) is 4.06. The van der Waals surface area contributed by atoms with Crippen LogP contribution in [-0.4, -0.2) is 42.2 Å². The maximum Gasteiger partial charge on any atom is 0.134 e. The zero-order chi connectivity index (χ0) is 24.1. The van der Waals surface area contributed by atoms with Crippen molar-refractivity contribution in [1.82, 2.24) is 9.88 Å². The number of rotatable bonds is 1. The Morgan fingerprint density at radius 3 is 2.22 bits per heavy atom. The van der Waals surface area contributed by atoms with E-state index in [-0.39, 0.29) is 5.88 Å². The second kappa shape index (κ2) is 16.0. The quantitative estimate of drug-likeness (QED) is 0.253. The van der Waals surface area contributed by atoms with Gasteiger partial charge in [0.05, 0.1) is 11.6 Å². The molecule has 2 heterocycles. The second-order valence-corrected chi connectivity index (χ2v) is 10.0. The van der Waals surface area contributed by atoms with Gasteiger partial charge in [0, 0.05) is 21.1 Å². The summed E-state index contributed by atoms with van der Waals surface area (Å²) in [6.07, 6.45) is 8.97. The summed E-state index contributed by atoms with van der Waals surface area (Å²) in [5.41, 5.74) is 6.75. The van der Waals surface area contributed by atoms with E-state index in [1.54, 1.807) is 0 Å². The van der Waals surface area contributed by atoms with Crippen LogP contribution in [0.2, 0.25) is 0 Å². The van der Waals surface area contributed by atoms with Crippen LogP contribution in [0.15, 0.2) is 33.3 Å². The molecule has 1 aromatic heterocycles. The van der Waals surface area contributed by atoms with Crippen LogP contribution >= 0.6 is 43.5 Å². The normalized spacial score (nSPS) is 16.9. The molecule has 0 bridgehead atoms. The molecule has 1 aromatic carbocycles. The van der Waals surface area contributed by atoms with E-state index in [1.165, 1.54) is 64.8 Å². The number of aldehydes is 1. The van der Waals surface area contributed by atoms with Crippen LogP contribution in [-0.2, 0) is 17.6 Å². The Kier molecular flexibility index (Phi) is 14.6. The summed E-state index contributed by atoms with van der Waals surface area (Å²) in [6, 6.07) is 6.74. The van der Waals surface area contributed by atoms with Gasteiger partial charge in [-0.3, -0.25) is 4.98 Å². The van der Waals surface area contributed by atoms with Crippen molar-refractivity contribution in [2.45, 2.75) is 65.7 Å². The number of aryl methyl sites for hydroxylation is 3. The van der Waals surface area contributed by atoms with Crippen molar-refractivity contribution in [2.75, 3.05) is 26.0 Å². The monoisotopic (exact) mass is 586 g/mol. The van der Waals surface area contributed by atoms with Crippen molar-refractivity contribution >= 4 is 49.7 Å². The summed E-state index contributed by atoms with van der Waals surface area (Å²) in [5, 5.41) is 0. The third-order valence-electron chi connectivity index (χ3n) is 5.48. The summed E-state index contributed by atoms with van der Waals surface area (Å²) in [6.45, 7) is 11.0. The molecule has 178 valence electrons. The van der Waals surface area contributed by atoms with Crippen LogP contribution < -0.4 is 0 Å². The topological polar surface area (TPSA) is 33.2 Å². The van der Waals surface area contributed by atoms with Crippen LogP contribution in [0.4, 0.5) is 0 Å². The highest BCUT2D eigenvalue weighted by Crippen LogP contribution is 2.38. The standard InChI is InChI=1S/C16H15Br2N.C6H13N.C2H3ClO.C2H6/c1-9-5-11-3-4-12-7-13(17)8-19-16(12)10(2)15(11)14(18)6-9;1-7-5-3-2-4-6-7;3-1-2-4;1-2/h5-8,10H,3-4H2,1-2H3;2-6H2,1H3;2H,1H2;1-2H3. The van der Waals surface area contributed by atoms with Crippen molar-refractivity contribution in [3.05, 3.63) is 61.3 Å². The molecule has 1 aliphatic carbocycles.